The van der Waals surface area contributed by atoms with Crippen molar-refractivity contribution in [3.05, 3.63) is 87.9 Å². The van der Waals surface area contributed by atoms with E-state index in [-0.39, 0.29) is 21.4 Å². The van der Waals surface area contributed by atoms with Crippen LogP contribution in [0.5, 0.6) is 0 Å². The molecule has 12 heteroatoms. The molecule has 168 valence electrons. The Labute approximate surface area is 187 Å². The number of halogens is 6. The van der Waals surface area contributed by atoms with Crippen LogP contribution in [-0.2, 0) is 16.2 Å². The molecule has 0 aromatic heterocycles. The zero-order valence-electron chi connectivity index (χ0n) is 15.7. The summed E-state index contributed by atoms with van der Waals surface area (Å²) < 4.78 is 92.6. The minimum absolute atomic E-state index is 0.0822. The van der Waals surface area contributed by atoms with E-state index in [2.05, 4.69) is 26.0 Å². The molecule has 5 nitrogen and oxygen atoms in total. The van der Waals surface area contributed by atoms with Gasteiger partial charge in [0.05, 0.1) is 5.56 Å². The van der Waals surface area contributed by atoms with E-state index in [1.165, 1.54) is 24.3 Å². The maximum absolute atomic E-state index is 14.0. The molecule has 0 bridgehead atoms. The first-order chi connectivity index (χ1) is 14.9. The second-order valence-electron chi connectivity index (χ2n) is 6.42. The van der Waals surface area contributed by atoms with Crippen LogP contribution >= 0.6 is 15.9 Å². The van der Waals surface area contributed by atoms with Crippen molar-refractivity contribution in [3.63, 3.8) is 0 Å². The van der Waals surface area contributed by atoms with Crippen LogP contribution in [0.2, 0.25) is 0 Å². The molecule has 0 aliphatic rings. The van der Waals surface area contributed by atoms with Crippen molar-refractivity contribution in [1.29, 1.82) is 0 Å². The van der Waals surface area contributed by atoms with E-state index in [1.807, 2.05) is 0 Å². The van der Waals surface area contributed by atoms with Crippen molar-refractivity contribution in [2.45, 2.75) is 11.1 Å². The van der Waals surface area contributed by atoms with Gasteiger partial charge in [-0.1, -0.05) is 12.1 Å². The molecule has 0 unspecified atom stereocenters. The van der Waals surface area contributed by atoms with Crippen molar-refractivity contribution in [2.24, 2.45) is 0 Å². The second kappa shape index (κ2) is 8.87. The fraction of sp³-hybridized carbons (Fsp3) is 0.0500. The van der Waals surface area contributed by atoms with Gasteiger partial charge >= 0.3 is 6.18 Å². The molecule has 3 rings (SSSR count). The van der Waals surface area contributed by atoms with Crippen LogP contribution in [0.4, 0.5) is 33.3 Å². The predicted molar refractivity (Wildman–Crippen MR) is 111 cm³/mol. The van der Waals surface area contributed by atoms with E-state index in [9.17, 15) is 35.2 Å². The van der Waals surface area contributed by atoms with E-state index < -0.39 is 44.2 Å². The van der Waals surface area contributed by atoms with Crippen LogP contribution in [-0.4, -0.2) is 14.3 Å². The van der Waals surface area contributed by atoms with Gasteiger partial charge in [0.2, 0.25) is 0 Å². The Hall–Kier alpha value is -2.99. The third-order valence-corrected chi connectivity index (χ3v) is 6.40. The number of nitrogens with one attached hydrogen (secondary N) is 2. The molecule has 0 aliphatic heterocycles. The standard InChI is InChI=1S/C20H12BrF5N2O3S/c21-16-9-13(22)10-17(23)18(16)32(30,31)28-15-6-1-3-11(7-15)19(29)27-14-5-2-4-12(8-14)20(24,25)26/h1-10,28H,(H,27,29). The van der Waals surface area contributed by atoms with E-state index in [0.29, 0.717) is 6.07 Å². The molecule has 0 spiro atoms. The van der Waals surface area contributed by atoms with Crippen LogP contribution in [0.25, 0.3) is 0 Å². The Balaban J connectivity index is 1.84. The lowest BCUT2D eigenvalue weighted by atomic mass is 10.1. The maximum Gasteiger partial charge on any atom is 0.416 e. The van der Waals surface area contributed by atoms with Crippen molar-refractivity contribution >= 4 is 43.2 Å². The van der Waals surface area contributed by atoms with E-state index in [4.69, 9.17) is 0 Å². The first kappa shape index (κ1) is 23.7. The largest absolute Gasteiger partial charge is 0.416 e. The van der Waals surface area contributed by atoms with Crippen LogP contribution < -0.4 is 10.0 Å². The average molecular weight is 535 g/mol. The Bertz CT molecular complexity index is 1270. The van der Waals surface area contributed by atoms with Gasteiger partial charge in [0, 0.05) is 27.5 Å². The molecular weight excluding hydrogens is 523 g/mol. The Morgan fingerprint density at radius 1 is 0.906 bits per heavy atom. The molecule has 0 aliphatic carbocycles. The summed E-state index contributed by atoms with van der Waals surface area (Å²) in [6.45, 7) is 0. The molecular formula is C20H12BrF5N2O3S. The zero-order valence-corrected chi connectivity index (χ0v) is 18.1. The van der Waals surface area contributed by atoms with Gasteiger partial charge < -0.3 is 5.32 Å². The lowest BCUT2D eigenvalue weighted by molar-refractivity contribution is -0.137. The summed E-state index contributed by atoms with van der Waals surface area (Å²) in [5.74, 6) is -3.12. The van der Waals surface area contributed by atoms with Crippen molar-refractivity contribution in [1.82, 2.24) is 0 Å². The third-order valence-electron chi connectivity index (χ3n) is 4.06. The number of carbonyl (C=O) groups is 1. The second-order valence-corrected chi connectivity index (χ2v) is 8.89. The quantitative estimate of drug-likeness (QED) is 0.406. The van der Waals surface area contributed by atoms with E-state index in [0.717, 1.165) is 30.3 Å². The number of hydrogen-bond acceptors (Lipinski definition) is 3. The summed E-state index contributed by atoms with van der Waals surface area (Å²) in [5.41, 5.74) is -1.28. The SMILES string of the molecule is O=C(Nc1cccc(C(F)(F)F)c1)c1cccc(NS(=O)(=O)c2c(F)cc(F)cc2Br)c1. The Morgan fingerprint density at radius 3 is 2.22 bits per heavy atom. The molecule has 3 aromatic rings. The highest BCUT2D eigenvalue weighted by atomic mass is 79.9. The van der Waals surface area contributed by atoms with Crippen LogP contribution in [0.3, 0.4) is 0 Å². The lowest BCUT2D eigenvalue weighted by Gasteiger charge is -2.12. The van der Waals surface area contributed by atoms with Gasteiger partial charge in [0.25, 0.3) is 15.9 Å². The number of benzene rings is 3. The van der Waals surface area contributed by atoms with Crippen molar-refractivity contribution < 1.29 is 35.2 Å². The first-order valence-corrected chi connectivity index (χ1v) is 10.9. The topological polar surface area (TPSA) is 75.3 Å². The Kier molecular flexibility index (Phi) is 6.56. The van der Waals surface area contributed by atoms with Gasteiger partial charge in [-0.2, -0.15) is 13.2 Å². The number of hydrogen-bond donors (Lipinski definition) is 2. The molecule has 0 heterocycles. The molecule has 2 N–H and O–H groups in total. The van der Waals surface area contributed by atoms with Gasteiger partial charge in [0.15, 0.2) is 0 Å². The number of carbonyl (C=O) groups excluding carboxylic acids is 1. The Morgan fingerprint density at radius 2 is 1.56 bits per heavy atom. The highest BCUT2D eigenvalue weighted by Gasteiger charge is 2.30. The van der Waals surface area contributed by atoms with Gasteiger partial charge in [-0.25, -0.2) is 17.2 Å². The molecule has 0 saturated carbocycles. The summed E-state index contributed by atoms with van der Waals surface area (Å²) in [4.78, 5) is 11.6. The fourth-order valence-electron chi connectivity index (χ4n) is 2.69. The molecule has 0 radical (unpaired) electrons. The number of amides is 1. The van der Waals surface area contributed by atoms with E-state index >= 15 is 0 Å². The molecule has 0 atom stereocenters. The molecule has 0 saturated heterocycles. The number of rotatable bonds is 5. The molecule has 1 amide bonds. The predicted octanol–water partition coefficient (Wildman–Crippen LogP) is 5.80. The van der Waals surface area contributed by atoms with Gasteiger partial charge in [0.1, 0.15) is 16.5 Å². The normalized spacial score (nSPS) is 11.8. The monoisotopic (exact) mass is 534 g/mol. The number of anilines is 2. The van der Waals surface area contributed by atoms with Crippen LogP contribution in [0.15, 0.2) is 70.0 Å². The molecule has 32 heavy (non-hydrogen) atoms. The molecule has 3 aromatic carbocycles. The highest BCUT2D eigenvalue weighted by molar-refractivity contribution is 9.10. The van der Waals surface area contributed by atoms with Gasteiger partial charge in [-0.05, 0) is 58.4 Å². The van der Waals surface area contributed by atoms with E-state index in [1.54, 1.807) is 0 Å². The zero-order chi connectivity index (χ0) is 23.7. The smallest absolute Gasteiger partial charge is 0.322 e. The minimum Gasteiger partial charge on any atom is -0.322 e. The maximum atomic E-state index is 14.0. The van der Waals surface area contributed by atoms with Crippen LogP contribution in [0, 0.1) is 11.6 Å². The van der Waals surface area contributed by atoms with Crippen molar-refractivity contribution in [2.75, 3.05) is 10.0 Å². The average Bonchev–Trinajstić information content (AvgIpc) is 2.66. The lowest BCUT2D eigenvalue weighted by Crippen LogP contribution is -2.17. The molecule has 0 fully saturated rings. The number of sulfonamides is 1. The highest BCUT2D eigenvalue weighted by Crippen LogP contribution is 2.31. The summed E-state index contributed by atoms with van der Waals surface area (Å²) >= 11 is 2.80. The van der Waals surface area contributed by atoms with Crippen molar-refractivity contribution in [3.8, 4) is 0 Å². The third kappa shape index (κ3) is 5.43. The summed E-state index contributed by atoms with van der Waals surface area (Å²) in [6, 6.07) is 10.1. The minimum atomic E-state index is -4.59. The summed E-state index contributed by atoms with van der Waals surface area (Å²) in [6.07, 6.45) is -4.59. The fourth-order valence-corrected chi connectivity index (χ4v) is 4.91. The number of alkyl halides is 3. The van der Waals surface area contributed by atoms with Gasteiger partial charge in [-0.3, -0.25) is 9.52 Å². The first-order valence-electron chi connectivity index (χ1n) is 8.63. The van der Waals surface area contributed by atoms with Crippen LogP contribution in [0.1, 0.15) is 15.9 Å². The summed E-state index contributed by atoms with van der Waals surface area (Å²) in [5, 5.41) is 2.29. The van der Waals surface area contributed by atoms with Gasteiger partial charge in [-0.15, -0.1) is 0 Å². The summed E-state index contributed by atoms with van der Waals surface area (Å²) in [7, 11) is -4.51.